The van der Waals surface area contributed by atoms with Crippen molar-refractivity contribution in [3.63, 3.8) is 0 Å². The highest BCUT2D eigenvalue weighted by molar-refractivity contribution is 7.14. The number of hydrogen-bond acceptors (Lipinski definition) is 7. The van der Waals surface area contributed by atoms with E-state index in [1.54, 1.807) is 23.5 Å². The van der Waals surface area contributed by atoms with Crippen LogP contribution in [0.2, 0.25) is 0 Å². The Morgan fingerprint density at radius 2 is 1.75 bits per heavy atom. The van der Waals surface area contributed by atoms with Gasteiger partial charge >= 0.3 is 0 Å². The number of carbonyl (C=O) groups is 4. The standard InChI is InChI=1S/C23H24N4O4S/c1-14-6-11-32-23(14)26-9-7-25(8-10-26)13-15-2-3-16-17(12-15)22(31)27(21(16)30)18-4-5-19(28)24-20(18)29/h2-3,6,11-12,18H,4-5,7-10,13H2,1H3,(H,24,28,29). The lowest BCUT2D eigenvalue weighted by Crippen LogP contribution is -2.54. The molecular formula is C23H24N4O4S. The van der Waals surface area contributed by atoms with E-state index in [-0.39, 0.29) is 18.7 Å². The van der Waals surface area contributed by atoms with E-state index in [0.29, 0.717) is 17.7 Å². The van der Waals surface area contributed by atoms with Crippen LogP contribution in [0, 0.1) is 6.92 Å². The summed E-state index contributed by atoms with van der Waals surface area (Å²) in [5, 5.41) is 5.68. The van der Waals surface area contributed by atoms with Crippen LogP contribution in [0.1, 0.15) is 44.7 Å². The van der Waals surface area contributed by atoms with E-state index in [1.807, 2.05) is 6.07 Å². The van der Waals surface area contributed by atoms with Crippen LogP contribution in [0.3, 0.4) is 0 Å². The second-order valence-corrected chi connectivity index (χ2v) is 9.39. The number of nitrogens with one attached hydrogen (secondary N) is 1. The first-order valence-corrected chi connectivity index (χ1v) is 11.7. The van der Waals surface area contributed by atoms with Crippen molar-refractivity contribution in [2.75, 3.05) is 31.1 Å². The normalized spacial score (nSPS) is 21.8. The summed E-state index contributed by atoms with van der Waals surface area (Å²) in [5.74, 6) is -1.89. The molecule has 0 spiro atoms. The first-order chi connectivity index (χ1) is 15.4. The lowest BCUT2D eigenvalue weighted by atomic mass is 10.0. The quantitative estimate of drug-likeness (QED) is 0.712. The Morgan fingerprint density at radius 1 is 1.00 bits per heavy atom. The summed E-state index contributed by atoms with van der Waals surface area (Å²) < 4.78 is 0. The summed E-state index contributed by atoms with van der Waals surface area (Å²) in [6, 6.07) is 6.55. The minimum Gasteiger partial charge on any atom is -0.361 e. The van der Waals surface area contributed by atoms with Gasteiger partial charge < -0.3 is 4.90 Å². The molecule has 32 heavy (non-hydrogen) atoms. The zero-order valence-electron chi connectivity index (χ0n) is 17.8. The zero-order valence-corrected chi connectivity index (χ0v) is 18.6. The molecule has 1 aromatic heterocycles. The van der Waals surface area contributed by atoms with Gasteiger partial charge in [0.2, 0.25) is 11.8 Å². The molecule has 4 heterocycles. The van der Waals surface area contributed by atoms with Gasteiger partial charge in [0, 0.05) is 39.1 Å². The van der Waals surface area contributed by atoms with E-state index in [0.717, 1.165) is 36.6 Å². The number of carbonyl (C=O) groups excluding carboxylic acids is 4. The first-order valence-electron chi connectivity index (χ1n) is 10.8. The van der Waals surface area contributed by atoms with Crippen LogP contribution in [-0.4, -0.2) is 65.6 Å². The molecule has 4 amide bonds. The average molecular weight is 453 g/mol. The number of nitrogens with zero attached hydrogens (tertiary/aromatic N) is 3. The number of imide groups is 2. The topological polar surface area (TPSA) is 90.0 Å². The summed E-state index contributed by atoms with van der Waals surface area (Å²) in [6.07, 6.45) is 0.281. The molecule has 0 bridgehead atoms. The third-order valence-electron chi connectivity index (χ3n) is 6.40. The van der Waals surface area contributed by atoms with Gasteiger partial charge in [-0.2, -0.15) is 0 Å². The Morgan fingerprint density at radius 3 is 2.44 bits per heavy atom. The van der Waals surface area contributed by atoms with E-state index in [1.165, 1.54) is 10.6 Å². The van der Waals surface area contributed by atoms with Gasteiger partial charge in [-0.3, -0.25) is 34.3 Å². The van der Waals surface area contributed by atoms with Crippen LogP contribution in [0.25, 0.3) is 0 Å². The molecule has 5 rings (SSSR count). The first kappa shape index (κ1) is 20.8. The van der Waals surface area contributed by atoms with Gasteiger partial charge in [0.15, 0.2) is 0 Å². The lowest BCUT2D eigenvalue weighted by Gasteiger charge is -2.35. The van der Waals surface area contributed by atoms with Gasteiger partial charge in [-0.05, 0) is 48.1 Å². The second-order valence-electron chi connectivity index (χ2n) is 8.50. The Balaban J connectivity index is 1.27. The van der Waals surface area contributed by atoms with E-state index in [4.69, 9.17) is 0 Å². The van der Waals surface area contributed by atoms with Crippen molar-refractivity contribution in [1.29, 1.82) is 0 Å². The number of aryl methyl sites for hydroxylation is 1. The molecule has 9 heteroatoms. The number of thiophene rings is 1. The fraction of sp³-hybridized carbons (Fsp3) is 0.391. The molecular weight excluding hydrogens is 428 g/mol. The molecule has 1 aromatic carbocycles. The predicted octanol–water partition coefficient (Wildman–Crippen LogP) is 1.78. The number of fused-ring (bicyclic) bond motifs is 1. The minimum absolute atomic E-state index is 0.117. The van der Waals surface area contributed by atoms with Gasteiger partial charge in [-0.15, -0.1) is 11.3 Å². The maximum atomic E-state index is 13.0. The molecule has 3 aliphatic rings. The number of rotatable bonds is 4. The number of piperazine rings is 1. The van der Waals surface area contributed by atoms with Crippen molar-refractivity contribution >= 4 is 40.0 Å². The SMILES string of the molecule is Cc1ccsc1N1CCN(Cc2ccc3c(c2)C(=O)N(C2CCC(=O)NC2=O)C3=O)CC1. The fourth-order valence-corrected chi connectivity index (χ4v) is 5.66. The van der Waals surface area contributed by atoms with Gasteiger partial charge in [-0.1, -0.05) is 6.07 Å². The third-order valence-corrected chi connectivity index (χ3v) is 7.48. The molecule has 0 radical (unpaired) electrons. The molecule has 0 saturated carbocycles. The van der Waals surface area contributed by atoms with Gasteiger partial charge in [0.1, 0.15) is 6.04 Å². The molecule has 166 valence electrons. The van der Waals surface area contributed by atoms with Crippen molar-refractivity contribution in [3.8, 4) is 0 Å². The summed E-state index contributed by atoms with van der Waals surface area (Å²) in [7, 11) is 0. The highest BCUT2D eigenvalue weighted by Crippen LogP contribution is 2.30. The Labute approximate surface area is 189 Å². The molecule has 8 nitrogen and oxygen atoms in total. The van der Waals surface area contributed by atoms with Crippen molar-refractivity contribution in [3.05, 3.63) is 51.9 Å². The van der Waals surface area contributed by atoms with Crippen LogP contribution in [0.4, 0.5) is 5.00 Å². The predicted molar refractivity (Wildman–Crippen MR) is 120 cm³/mol. The van der Waals surface area contributed by atoms with Crippen molar-refractivity contribution in [2.24, 2.45) is 0 Å². The molecule has 2 saturated heterocycles. The van der Waals surface area contributed by atoms with Crippen LogP contribution in [0.5, 0.6) is 0 Å². The average Bonchev–Trinajstić information content (AvgIpc) is 3.30. The highest BCUT2D eigenvalue weighted by atomic mass is 32.1. The largest absolute Gasteiger partial charge is 0.361 e. The summed E-state index contributed by atoms with van der Waals surface area (Å²) in [4.78, 5) is 55.3. The third kappa shape index (κ3) is 3.61. The van der Waals surface area contributed by atoms with Crippen molar-refractivity contribution in [2.45, 2.75) is 32.4 Å². The lowest BCUT2D eigenvalue weighted by molar-refractivity contribution is -0.136. The molecule has 0 aliphatic carbocycles. The molecule has 3 aliphatic heterocycles. The summed E-state index contributed by atoms with van der Waals surface area (Å²) >= 11 is 1.77. The molecule has 1 atom stereocenters. The zero-order chi connectivity index (χ0) is 22.4. The van der Waals surface area contributed by atoms with E-state index in [9.17, 15) is 19.2 Å². The van der Waals surface area contributed by atoms with Gasteiger partial charge in [0.05, 0.1) is 16.1 Å². The Bertz CT molecular complexity index is 1120. The Hall–Kier alpha value is -3.04. The maximum Gasteiger partial charge on any atom is 0.262 e. The number of hydrogen-bond donors (Lipinski definition) is 1. The summed E-state index contributed by atoms with van der Waals surface area (Å²) in [5.41, 5.74) is 2.94. The van der Waals surface area contributed by atoms with Gasteiger partial charge in [0.25, 0.3) is 11.8 Å². The minimum atomic E-state index is -0.933. The van der Waals surface area contributed by atoms with Crippen molar-refractivity contribution in [1.82, 2.24) is 15.1 Å². The summed E-state index contributed by atoms with van der Waals surface area (Å²) in [6.45, 7) is 6.58. The van der Waals surface area contributed by atoms with Crippen LogP contribution in [0.15, 0.2) is 29.6 Å². The van der Waals surface area contributed by atoms with Crippen LogP contribution < -0.4 is 10.2 Å². The maximum absolute atomic E-state index is 13.0. The number of piperidine rings is 1. The van der Waals surface area contributed by atoms with Crippen LogP contribution in [-0.2, 0) is 16.1 Å². The Kier molecular flexibility index (Phi) is 5.30. The number of anilines is 1. The van der Waals surface area contributed by atoms with Gasteiger partial charge in [-0.25, -0.2) is 0 Å². The monoisotopic (exact) mass is 452 g/mol. The van der Waals surface area contributed by atoms with E-state index in [2.05, 4.69) is 33.5 Å². The van der Waals surface area contributed by atoms with Crippen LogP contribution >= 0.6 is 11.3 Å². The fourth-order valence-electron chi connectivity index (χ4n) is 4.67. The smallest absolute Gasteiger partial charge is 0.262 e. The van der Waals surface area contributed by atoms with E-state index >= 15 is 0 Å². The van der Waals surface area contributed by atoms with Crippen molar-refractivity contribution < 1.29 is 19.2 Å². The highest BCUT2D eigenvalue weighted by Gasteiger charge is 2.44. The second kappa shape index (κ2) is 8.14. The molecule has 1 unspecified atom stereocenters. The number of benzene rings is 1. The number of amides is 4. The molecule has 1 N–H and O–H groups in total. The molecule has 2 aromatic rings. The molecule has 2 fully saturated rings. The van der Waals surface area contributed by atoms with E-state index < -0.39 is 23.8 Å².